The molecule has 94 valence electrons. The molecule has 0 atom stereocenters. The van der Waals surface area contributed by atoms with Gasteiger partial charge in [-0.3, -0.25) is 0 Å². The van der Waals surface area contributed by atoms with Crippen molar-refractivity contribution in [1.82, 2.24) is 4.90 Å². The zero-order valence-corrected chi connectivity index (χ0v) is 11.0. The fraction of sp³-hybridized carbons (Fsp3) is 0.929. The molecule has 1 aliphatic heterocycles. The summed E-state index contributed by atoms with van der Waals surface area (Å²) in [6, 6.07) is 0. The highest BCUT2D eigenvalue weighted by atomic mass is 16.1. The second-order valence-electron chi connectivity index (χ2n) is 5.82. The number of carbonyl (C=O) groups is 1. The highest BCUT2D eigenvalue weighted by molar-refractivity contribution is 5.57. The average Bonchev–Trinajstić information content (AvgIpc) is 2.76. The van der Waals surface area contributed by atoms with Crippen LogP contribution in [0, 0.1) is 5.41 Å². The lowest BCUT2D eigenvalue weighted by molar-refractivity contribution is -0.115. The molecular formula is C14H27NO. The van der Waals surface area contributed by atoms with Gasteiger partial charge in [-0.25, -0.2) is 0 Å². The van der Waals surface area contributed by atoms with Crippen molar-refractivity contribution in [3.05, 3.63) is 0 Å². The van der Waals surface area contributed by atoms with Gasteiger partial charge in [-0.1, -0.05) is 33.1 Å². The molecule has 0 unspecified atom stereocenters. The Morgan fingerprint density at radius 3 is 2.31 bits per heavy atom. The number of rotatable bonds is 8. The number of hydrogen-bond donors (Lipinski definition) is 0. The summed E-state index contributed by atoms with van der Waals surface area (Å²) in [5.41, 5.74) is -0.102. The summed E-state index contributed by atoms with van der Waals surface area (Å²) in [5.74, 6) is 0. The van der Waals surface area contributed by atoms with Crippen LogP contribution in [0.25, 0.3) is 0 Å². The molecule has 0 aromatic heterocycles. The smallest absolute Gasteiger partial charge is 0.125 e. The van der Waals surface area contributed by atoms with E-state index in [1.54, 1.807) is 0 Å². The molecule has 0 amide bonds. The van der Waals surface area contributed by atoms with Crippen molar-refractivity contribution in [2.45, 2.75) is 58.8 Å². The molecule has 0 spiro atoms. The minimum Gasteiger partial charge on any atom is -0.303 e. The molecule has 1 saturated heterocycles. The van der Waals surface area contributed by atoms with Crippen molar-refractivity contribution in [3.8, 4) is 0 Å². The van der Waals surface area contributed by atoms with Crippen molar-refractivity contribution < 1.29 is 4.79 Å². The number of nitrogens with zero attached hydrogens (tertiary/aromatic N) is 1. The van der Waals surface area contributed by atoms with Gasteiger partial charge in [0.1, 0.15) is 6.29 Å². The van der Waals surface area contributed by atoms with E-state index in [0.717, 1.165) is 12.7 Å². The molecule has 0 N–H and O–H groups in total. The Balaban J connectivity index is 1.89. The molecule has 0 bridgehead atoms. The highest BCUT2D eigenvalue weighted by Crippen LogP contribution is 2.21. The van der Waals surface area contributed by atoms with E-state index in [4.69, 9.17) is 0 Å². The van der Waals surface area contributed by atoms with Crippen molar-refractivity contribution in [3.63, 3.8) is 0 Å². The average molecular weight is 225 g/mol. The minimum absolute atomic E-state index is 0.102. The third-order valence-electron chi connectivity index (χ3n) is 3.56. The number of unbranched alkanes of at least 4 members (excludes halogenated alkanes) is 3. The zero-order valence-electron chi connectivity index (χ0n) is 11.0. The van der Waals surface area contributed by atoms with Crippen LogP contribution in [-0.4, -0.2) is 30.8 Å². The Bertz CT molecular complexity index is 195. The van der Waals surface area contributed by atoms with Crippen molar-refractivity contribution in [2.75, 3.05) is 19.6 Å². The molecule has 1 fully saturated rings. The molecule has 0 aromatic carbocycles. The first-order valence-corrected chi connectivity index (χ1v) is 6.83. The van der Waals surface area contributed by atoms with Gasteiger partial charge in [-0.05, 0) is 45.3 Å². The van der Waals surface area contributed by atoms with E-state index >= 15 is 0 Å². The Hall–Kier alpha value is -0.370. The minimum atomic E-state index is -0.102. The molecule has 16 heavy (non-hydrogen) atoms. The normalized spacial score (nSPS) is 17.9. The lowest BCUT2D eigenvalue weighted by Crippen LogP contribution is -2.20. The summed E-state index contributed by atoms with van der Waals surface area (Å²) in [6.07, 6.45) is 10.1. The van der Waals surface area contributed by atoms with Crippen molar-refractivity contribution >= 4 is 6.29 Å². The second-order valence-corrected chi connectivity index (χ2v) is 5.82. The Labute approximate surface area is 100 Å². The monoisotopic (exact) mass is 225 g/mol. The van der Waals surface area contributed by atoms with Crippen LogP contribution in [0.2, 0.25) is 0 Å². The molecule has 2 nitrogen and oxygen atoms in total. The first kappa shape index (κ1) is 13.7. The molecule has 1 heterocycles. The lowest BCUT2D eigenvalue weighted by Gasteiger charge is -2.16. The van der Waals surface area contributed by atoms with E-state index in [9.17, 15) is 4.79 Å². The highest BCUT2D eigenvalue weighted by Gasteiger charge is 2.15. The maximum atomic E-state index is 10.7. The van der Waals surface area contributed by atoms with Crippen LogP contribution in [0.3, 0.4) is 0 Å². The van der Waals surface area contributed by atoms with Gasteiger partial charge in [0.2, 0.25) is 0 Å². The number of aldehydes is 1. The number of hydrogen-bond acceptors (Lipinski definition) is 2. The molecule has 0 saturated carbocycles. The van der Waals surface area contributed by atoms with Gasteiger partial charge in [0, 0.05) is 5.41 Å². The van der Waals surface area contributed by atoms with E-state index in [0.29, 0.717) is 0 Å². The van der Waals surface area contributed by atoms with Crippen LogP contribution >= 0.6 is 0 Å². The second kappa shape index (κ2) is 7.05. The van der Waals surface area contributed by atoms with Crippen LogP contribution in [0.5, 0.6) is 0 Å². The Kier molecular flexibility index (Phi) is 6.04. The summed E-state index contributed by atoms with van der Waals surface area (Å²) in [7, 11) is 0. The fourth-order valence-electron chi connectivity index (χ4n) is 2.33. The maximum Gasteiger partial charge on any atom is 0.125 e. The van der Waals surface area contributed by atoms with Crippen LogP contribution in [0.1, 0.15) is 58.8 Å². The van der Waals surface area contributed by atoms with E-state index in [1.165, 1.54) is 58.2 Å². The first-order chi connectivity index (χ1) is 7.64. The topological polar surface area (TPSA) is 20.3 Å². The predicted octanol–water partition coefficient (Wildman–Crippen LogP) is 3.26. The molecule has 2 heteroatoms. The summed E-state index contributed by atoms with van der Waals surface area (Å²) >= 11 is 0. The molecule has 0 aromatic rings. The summed E-state index contributed by atoms with van der Waals surface area (Å²) in [6.45, 7) is 7.99. The van der Waals surface area contributed by atoms with Crippen LogP contribution < -0.4 is 0 Å². The van der Waals surface area contributed by atoms with E-state index in [1.807, 2.05) is 13.8 Å². The molecule has 1 aliphatic rings. The third-order valence-corrected chi connectivity index (χ3v) is 3.56. The standard InChI is InChI=1S/C14H27NO/c1-14(2,13-16)9-5-3-4-6-10-15-11-7-8-12-15/h13H,3-12H2,1-2H3. The maximum absolute atomic E-state index is 10.7. The number of carbonyl (C=O) groups excluding carboxylic acids is 1. The van der Waals surface area contributed by atoms with Crippen LogP contribution in [0.15, 0.2) is 0 Å². The number of likely N-dealkylation sites (tertiary alicyclic amines) is 1. The van der Waals surface area contributed by atoms with Crippen LogP contribution in [-0.2, 0) is 4.79 Å². The zero-order chi connectivity index (χ0) is 11.9. The van der Waals surface area contributed by atoms with Gasteiger partial charge >= 0.3 is 0 Å². The predicted molar refractivity (Wildman–Crippen MR) is 68.6 cm³/mol. The first-order valence-electron chi connectivity index (χ1n) is 6.83. The molecule has 1 rings (SSSR count). The van der Waals surface area contributed by atoms with Crippen LogP contribution in [0.4, 0.5) is 0 Å². The van der Waals surface area contributed by atoms with Gasteiger partial charge in [0.15, 0.2) is 0 Å². The van der Waals surface area contributed by atoms with E-state index < -0.39 is 0 Å². The quantitative estimate of drug-likeness (QED) is 0.467. The largest absolute Gasteiger partial charge is 0.303 e. The summed E-state index contributed by atoms with van der Waals surface area (Å²) in [5, 5.41) is 0. The van der Waals surface area contributed by atoms with Gasteiger partial charge in [-0.15, -0.1) is 0 Å². The van der Waals surface area contributed by atoms with Gasteiger partial charge < -0.3 is 9.69 Å². The molecule has 0 aliphatic carbocycles. The Morgan fingerprint density at radius 1 is 1.06 bits per heavy atom. The third kappa shape index (κ3) is 5.64. The van der Waals surface area contributed by atoms with Crippen molar-refractivity contribution in [1.29, 1.82) is 0 Å². The van der Waals surface area contributed by atoms with E-state index in [-0.39, 0.29) is 5.41 Å². The SMILES string of the molecule is CC(C)(C=O)CCCCCCN1CCCC1. The lowest BCUT2D eigenvalue weighted by atomic mass is 9.89. The Morgan fingerprint density at radius 2 is 1.69 bits per heavy atom. The fourth-order valence-corrected chi connectivity index (χ4v) is 2.33. The molecule has 0 radical (unpaired) electrons. The summed E-state index contributed by atoms with van der Waals surface area (Å²) in [4.78, 5) is 13.3. The molecular weight excluding hydrogens is 198 g/mol. The van der Waals surface area contributed by atoms with Gasteiger partial charge in [0.05, 0.1) is 0 Å². The van der Waals surface area contributed by atoms with Gasteiger partial charge in [-0.2, -0.15) is 0 Å². The summed E-state index contributed by atoms with van der Waals surface area (Å²) < 4.78 is 0. The van der Waals surface area contributed by atoms with E-state index in [2.05, 4.69) is 4.90 Å². The van der Waals surface area contributed by atoms with Crippen molar-refractivity contribution in [2.24, 2.45) is 5.41 Å². The van der Waals surface area contributed by atoms with Gasteiger partial charge in [0.25, 0.3) is 0 Å².